The van der Waals surface area contributed by atoms with Gasteiger partial charge < -0.3 is 20.1 Å². The third-order valence-electron chi connectivity index (χ3n) is 4.16. The number of hydrogen-bond acceptors (Lipinski definition) is 5. The first-order chi connectivity index (χ1) is 10.4. The first-order valence-corrected chi connectivity index (χ1v) is 8.69. The molecule has 122 valence electrons. The molecule has 1 aliphatic carbocycles. The minimum atomic E-state index is -0.473. The zero-order chi connectivity index (χ0) is 15.7. The molecule has 1 saturated heterocycles. The van der Waals surface area contributed by atoms with Crippen LogP contribution in [0.25, 0.3) is 0 Å². The van der Waals surface area contributed by atoms with E-state index in [0.29, 0.717) is 5.92 Å². The Labute approximate surface area is 135 Å². The Balaban J connectivity index is 1.57. The third-order valence-corrected chi connectivity index (χ3v) is 5.04. The maximum Gasteiger partial charge on any atom is 0.407 e. The highest BCUT2D eigenvalue weighted by Gasteiger charge is 2.54. The summed E-state index contributed by atoms with van der Waals surface area (Å²) in [6.45, 7) is 7.21. The Hall–Kier alpha value is -1.11. The Bertz CT molecular complexity index is 512. The molecule has 2 N–H and O–H groups in total. The van der Waals surface area contributed by atoms with Gasteiger partial charge in [0, 0.05) is 23.9 Å². The number of carbonyl (C=O) groups is 1. The SMILES string of the molecule is CC(C)(C)OC(=O)NC1C2CCOC2C1NCc1cccs1. The van der Waals surface area contributed by atoms with Gasteiger partial charge in [-0.05, 0) is 38.6 Å². The van der Waals surface area contributed by atoms with Crippen LogP contribution in [0.4, 0.5) is 4.79 Å². The molecule has 22 heavy (non-hydrogen) atoms. The molecule has 0 radical (unpaired) electrons. The minimum Gasteiger partial charge on any atom is -0.444 e. The van der Waals surface area contributed by atoms with E-state index in [2.05, 4.69) is 22.1 Å². The fourth-order valence-electron chi connectivity index (χ4n) is 3.22. The zero-order valence-electron chi connectivity index (χ0n) is 13.3. The van der Waals surface area contributed by atoms with Crippen LogP contribution >= 0.6 is 11.3 Å². The molecule has 1 saturated carbocycles. The maximum atomic E-state index is 12.0. The molecule has 1 amide bonds. The fraction of sp³-hybridized carbons (Fsp3) is 0.688. The summed E-state index contributed by atoms with van der Waals surface area (Å²) in [5.41, 5.74) is -0.473. The zero-order valence-corrected chi connectivity index (χ0v) is 14.1. The topological polar surface area (TPSA) is 59.6 Å². The molecular formula is C16H24N2O3S. The predicted octanol–water partition coefficient (Wildman–Crippen LogP) is 2.52. The van der Waals surface area contributed by atoms with Crippen molar-refractivity contribution in [1.82, 2.24) is 10.6 Å². The molecule has 3 rings (SSSR count). The van der Waals surface area contributed by atoms with Crippen molar-refractivity contribution < 1.29 is 14.3 Å². The van der Waals surface area contributed by atoms with Gasteiger partial charge >= 0.3 is 6.09 Å². The minimum absolute atomic E-state index is 0.0855. The first-order valence-electron chi connectivity index (χ1n) is 7.81. The van der Waals surface area contributed by atoms with Crippen molar-refractivity contribution in [3.8, 4) is 0 Å². The van der Waals surface area contributed by atoms with E-state index in [0.717, 1.165) is 19.6 Å². The standard InChI is InChI=1S/C16H24N2O3S/c1-16(2,3)21-15(19)18-12-11-6-7-20-14(11)13(12)17-9-10-5-4-8-22-10/h4-5,8,11-14,17H,6-7,9H2,1-3H3,(H,18,19). The highest BCUT2D eigenvalue weighted by atomic mass is 32.1. The molecule has 2 fully saturated rings. The summed E-state index contributed by atoms with van der Waals surface area (Å²) < 4.78 is 11.2. The van der Waals surface area contributed by atoms with E-state index in [1.54, 1.807) is 11.3 Å². The summed E-state index contributed by atoms with van der Waals surface area (Å²) >= 11 is 1.73. The number of ether oxygens (including phenoxy) is 2. The van der Waals surface area contributed by atoms with E-state index in [1.165, 1.54) is 4.88 Å². The largest absolute Gasteiger partial charge is 0.444 e. The lowest BCUT2D eigenvalue weighted by molar-refractivity contribution is -0.0343. The number of alkyl carbamates (subject to hydrolysis) is 1. The highest BCUT2D eigenvalue weighted by Crippen LogP contribution is 2.39. The molecule has 1 aromatic heterocycles. The third kappa shape index (κ3) is 3.45. The molecule has 2 aliphatic rings. The molecule has 0 aromatic carbocycles. The van der Waals surface area contributed by atoms with Crippen LogP contribution in [0.1, 0.15) is 32.1 Å². The van der Waals surface area contributed by atoms with Crippen molar-refractivity contribution >= 4 is 17.4 Å². The molecule has 0 spiro atoms. The average molecular weight is 324 g/mol. The van der Waals surface area contributed by atoms with E-state index in [9.17, 15) is 4.79 Å². The smallest absolute Gasteiger partial charge is 0.407 e. The van der Waals surface area contributed by atoms with Crippen molar-refractivity contribution in [2.75, 3.05) is 6.61 Å². The van der Waals surface area contributed by atoms with E-state index in [-0.39, 0.29) is 24.3 Å². The van der Waals surface area contributed by atoms with Gasteiger partial charge in [0.05, 0.1) is 18.2 Å². The highest BCUT2D eigenvalue weighted by molar-refractivity contribution is 7.09. The van der Waals surface area contributed by atoms with Crippen molar-refractivity contribution in [1.29, 1.82) is 0 Å². The Kier molecular flexibility index (Phi) is 4.43. The Morgan fingerprint density at radius 1 is 1.45 bits per heavy atom. The lowest BCUT2D eigenvalue weighted by Crippen LogP contribution is -2.70. The van der Waals surface area contributed by atoms with Crippen LogP contribution in [0.3, 0.4) is 0 Å². The van der Waals surface area contributed by atoms with Crippen LogP contribution < -0.4 is 10.6 Å². The summed E-state index contributed by atoms with van der Waals surface area (Å²) in [6, 6.07) is 4.40. The van der Waals surface area contributed by atoms with Crippen molar-refractivity contribution in [3.63, 3.8) is 0 Å². The van der Waals surface area contributed by atoms with Gasteiger partial charge in [0.1, 0.15) is 5.60 Å². The predicted molar refractivity (Wildman–Crippen MR) is 86.0 cm³/mol. The molecule has 0 bridgehead atoms. The summed E-state index contributed by atoms with van der Waals surface area (Å²) in [7, 11) is 0. The quantitative estimate of drug-likeness (QED) is 0.893. The van der Waals surface area contributed by atoms with Crippen LogP contribution in [0, 0.1) is 5.92 Å². The van der Waals surface area contributed by atoms with E-state index in [1.807, 2.05) is 26.8 Å². The number of carbonyl (C=O) groups excluding carboxylic acids is 1. The number of fused-ring (bicyclic) bond motifs is 1. The summed E-state index contributed by atoms with van der Waals surface area (Å²) in [4.78, 5) is 13.3. The van der Waals surface area contributed by atoms with E-state index < -0.39 is 5.60 Å². The van der Waals surface area contributed by atoms with Crippen molar-refractivity contribution in [2.24, 2.45) is 5.92 Å². The summed E-state index contributed by atoms with van der Waals surface area (Å²) in [5, 5.41) is 8.62. The van der Waals surface area contributed by atoms with Crippen LogP contribution in [0.5, 0.6) is 0 Å². The van der Waals surface area contributed by atoms with Crippen LogP contribution in [-0.4, -0.2) is 36.5 Å². The molecule has 6 heteroatoms. The van der Waals surface area contributed by atoms with Crippen LogP contribution in [0.2, 0.25) is 0 Å². The number of hydrogen-bond donors (Lipinski definition) is 2. The second kappa shape index (κ2) is 6.18. The lowest BCUT2D eigenvalue weighted by atomic mass is 9.71. The van der Waals surface area contributed by atoms with Gasteiger partial charge in [-0.1, -0.05) is 6.07 Å². The lowest BCUT2D eigenvalue weighted by Gasteiger charge is -2.48. The van der Waals surface area contributed by atoms with Gasteiger partial charge in [-0.15, -0.1) is 11.3 Å². The van der Waals surface area contributed by atoms with Gasteiger partial charge in [0.25, 0.3) is 0 Å². The van der Waals surface area contributed by atoms with E-state index >= 15 is 0 Å². The second-order valence-electron chi connectivity index (χ2n) is 6.95. The summed E-state index contributed by atoms with van der Waals surface area (Å²) in [5.74, 6) is 0.397. The monoisotopic (exact) mass is 324 g/mol. The number of nitrogens with one attached hydrogen (secondary N) is 2. The molecular weight excluding hydrogens is 300 g/mol. The number of amides is 1. The van der Waals surface area contributed by atoms with Crippen LogP contribution in [-0.2, 0) is 16.0 Å². The Morgan fingerprint density at radius 3 is 2.95 bits per heavy atom. The Morgan fingerprint density at radius 2 is 2.27 bits per heavy atom. The van der Waals surface area contributed by atoms with Crippen LogP contribution in [0.15, 0.2) is 17.5 Å². The van der Waals surface area contributed by atoms with Gasteiger partial charge in [0.15, 0.2) is 0 Å². The summed E-state index contributed by atoms with van der Waals surface area (Å²) in [6.07, 6.45) is 0.869. The molecule has 1 aliphatic heterocycles. The first kappa shape index (κ1) is 15.8. The maximum absolute atomic E-state index is 12.0. The normalized spacial score (nSPS) is 30.5. The average Bonchev–Trinajstić information content (AvgIpc) is 3.04. The van der Waals surface area contributed by atoms with Gasteiger partial charge in [-0.25, -0.2) is 4.79 Å². The van der Waals surface area contributed by atoms with Gasteiger partial charge in [-0.3, -0.25) is 0 Å². The fourth-order valence-corrected chi connectivity index (χ4v) is 3.88. The molecule has 4 unspecified atom stereocenters. The molecule has 5 nitrogen and oxygen atoms in total. The van der Waals surface area contributed by atoms with Gasteiger partial charge in [-0.2, -0.15) is 0 Å². The molecule has 1 aromatic rings. The second-order valence-corrected chi connectivity index (χ2v) is 7.98. The van der Waals surface area contributed by atoms with Crippen molar-refractivity contribution in [3.05, 3.63) is 22.4 Å². The van der Waals surface area contributed by atoms with Crippen molar-refractivity contribution in [2.45, 2.75) is 57.5 Å². The number of rotatable bonds is 4. The molecule has 2 heterocycles. The van der Waals surface area contributed by atoms with Gasteiger partial charge in [0.2, 0.25) is 0 Å². The molecule has 4 atom stereocenters. The van der Waals surface area contributed by atoms with E-state index in [4.69, 9.17) is 9.47 Å². The number of thiophene rings is 1.